The van der Waals surface area contributed by atoms with Crippen LogP contribution in [0.15, 0.2) is 58.7 Å². The maximum atomic E-state index is 11.6. The van der Waals surface area contributed by atoms with Crippen molar-refractivity contribution < 1.29 is 0 Å². The fraction of sp³-hybridized carbons (Fsp3) is 0.444. The van der Waals surface area contributed by atoms with Crippen molar-refractivity contribution in [2.24, 2.45) is 4.99 Å². The molecule has 0 amide bonds. The van der Waals surface area contributed by atoms with Crippen LogP contribution in [-0.4, -0.2) is 34.7 Å². The van der Waals surface area contributed by atoms with Gasteiger partial charge in [-0.3, -0.25) is 9.79 Å². The average Bonchev–Trinajstić information content (AvgIpc) is 3.09. The van der Waals surface area contributed by atoms with Crippen molar-refractivity contribution in [3.63, 3.8) is 0 Å². The predicted octanol–water partition coefficient (Wildman–Crippen LogP) is 1.69. The summed E-state index contributed by atoms with van der Waals surface area (Å²) in [6, 6.07) is 9.30. The number of nitrogens with zero attached hydrogens (tertiary/aromatic N) is 3. The minimum Gasteiger partial charge on any atom is -0.357 e. The normalized spacial score (nSPS) is 11.5. The Hall–Kier alpha value is -2.50. The Kier molecular flexibility index (Phi) is 7.67. The Labute approximate surface area is 143 Å². The average molecular weight is 329 g/mol. The lowest BCUT2D eigenvalue weighted by molar-refractivity contribution is 0.597. The van der Waals surface area contributed by atoms with E-state index >= 15 is 0 Å². The van der Waals surface area contributed by atoms with Gasteiger partial charge in [-0.2, -0.15) is 0 Å². The summed E-state index contributed by atoms with van der Waals surface area (Å²) in [5, 5.41) is 6.59. The SMILES string of the molecule is CCNC(=NCCCCn1ccccc1=O)NCCn1cccc1. The lowest BCUT2D eigenvalue weighted by Crippen LogP contribution is -2.38. The molecule has 0 atom stereocenters. The van der Waals surface area contributed by atoms with Crippen molar-refractivity contribution in [1.82, 2.24) is 19.8 Å². The van der Waals surface area contributed by atoms with Crippen LogP contribution in [0.2, 0.25) is 0 Å². The molecule has 0 bridgehead atoms. The fourth-order valence-electron chi connectivity index (χ4n) is 2.39. The zero-order valence-electron chi connectivity index (χ0n) is 14.3. The highest BCUT2D eigenvalue weighted by atomic mass is 16.1. The van der Waals surface area contributed by atoms with Crippen molar-refractivity contribution in [3.05, 3.63) is 59.3 Å². The Bertz CT molecular complexity index is 660. The molecular weight excluding hydrogens is 302 g/mol. The third-order valence-electron chi connectivity index (χ3n) is 3.65. The molecule has 0 aliphatic heterocycles. The third-order valence-corrected chi connectivity index (χ3v) is 3.65. The number of aromatic nitrogens is 2. The van der Waals surface area contributed by atoms with Gasteiger partial charge in [0.15, 0.2) is 5.96 Å². The van der Waals surface area contributed by atoms with Gasteiger partial charge in [0, 0.05) is 57.4 Å². The van der Waals surface area contributed by atoms with Gasteiger partial charge < -0.3 is 19.8 Å². The van der Waals surface area contributed by atoms with Gasteiger partial charge in [0.1, 0.15) is 0 Å². The first kappa shape index (κ1) is 17.8. The summed E-state index contributed by atoms with van der Waals surface area (Å²) in [6.07, 6.45) is 7.83. The van der Waals surface area contributed by atoms with E-state index in [1.807, 2.05) is 24.4 Å². The number of rotatable bonds is 9. The molecule has 0 unspecified atom stereocenters. The molecule has 0 saturated heterocycles. The number of guanidine groups is 1. The quantitative estimate of drug-likeness (QED) is 0.418. The zero-order chi connectivity index (χ0) is 17.0. The van der Waals surface area contributed by atoms with Crippen LogP contribution in [0, 0.1) is 0 Å². The standard InChI is InChI=1S/C18H27N5O/c1-2-19-18(21-11-16-22-12-7-8-13-22)20-10-4-6-15-23-14-5-3-9-17(23)24/h3,5,7-9,12-14H,2,4,6,10-11,15-16H2,1H3,(H2,19,20,21). The monoisotopic (exact) mass is 329 g/mol. The number of nitrogens with one attached hydrogen (secondary N) is 2. The lowest BCUT2D eigenvalue weighted by atomic mass is 10.3. The van der Waals surface area contributed by atoms with Crippen LogP contribution < -0.4 is 16.2 Å². The van der Waals surface area contributed by atoms with Gasteiger partial charge in [0.2, 0.25) is 5.56 Å². The molecular formula is C18H27N5O. The largest absolute Gasteiger partial charge is 0.357 e. The summed E-state index contributed by atoms with van der Waals surface area (Å²) < 4.78 is 3.87. The van der Waals surface area contributed by atoms with Gasteiger partial charge in [0.05, 0.1) is 0 Å². The van der Waals surface area contributed by atoms with Crippen LogP contribution in [-0.2, 0) is 13.1 Å². The molecule has 0 aliphatic carbocycles. The van der Waals surface area contributed by atoms with Crippen LogP contribution in [0.1, 0.15) is 19.8 Å². The zero-order valence-corrected chi connectivity index (χ0v) is 14.3. The van der Waals surface area contributed by atoms with Gasteiger partial charge in [-0.05, 0) is 38.0 Å². The molecule has 2 heterocycles. The van der Waals surface area contributed by atoms with E-state index in [0.29, 0.717) is 0 Å². The topological polar surface area (TPSA) is 63.4 Å². The Balaban J connectivity index is 1.68. The first-order valence-corrected chi connectivity index (χ1v) is 8.58. The summed E-state index contributed by atoms with van der Waals surface area (Å²) in [7, 11) is 0. The molecule has 0 aromatic carbocycles. The van der Waals surface area contributed by atoms with Crippen molar-refractivity contribution >= 4 is 5.96 Å². The number of hydrogen-bond acceptors (Lipinski definition) is 2. The highest BCUT2D eigenvalue weighted by Gasteiger charge is 1.98. The van der Waals surface area contributed by atoms with Gasteiger partial charge in [-0.25, -0.2) is 0 Å². The Morgan fingerprint density at radius 2 is 1.83 bits per heavy atom. The molecule has 0 fully saturated rings. The molecule has 0 spiro atoms. The van der Waals surface area contributed by atoms with Crippen LogP contribution >= 0.6 is 0 Å². The second-order valence-corrected chi connectivity index (χ2v) is 5.55. The van der Waals surface area contributed by atoms with Crippen molar-refractivity contribution in [3.8, 4) is 0 Å². The summed E-state index contributed by atoms with van der Waals surface area (Å²) in [5.41, 5.74) is 0.0565. The molecule has 0 aliphatic rings. The smallest absolute Gasteiger partial charge is 0.250 e. The fourth-order valence-corrected chi connectivity index (χ4v) is 2.39. The van der Waals surface area contributed by atoms with Crippen LogP contribution in [0.25, 0.3) is 0 Å². The number of hydrogen-bond donors (Lipinski definition) is 2. The minimum absolute atomic E-state index is 0.0565. The Morgan fingerprint density at radius 1 is 1.04 bits per heavy atom. The Morgan fingerprint density at radius 3 is 2.58 bits per heavy atom. The number of pyridine rings is 1. The summed E-state index contributed by atoms with van der Waals surface area (Å²) in [6.45, 7) is 6.14. The predicted molar refractivity (Wildman–Crippen MR) is 98.3 cm³/mol. The molecule has 0 saturated carbocycles. The molecule has 2 aromatic heterocycles. The number of aliphatic imine (C=N–C) groups is 1. The van der Waals surface area contributed by atoms with Gasteiger partial charge in [-0.1, -0.05) is 6.07 Å². The third kappa shape index (κ3) is 6.32. The summed E-state index contributed by atoms with van der Waals surface area (Å²) in [4.78, 5) is 16.2. The van der Waals surface area contributed by atoms with Crippen molar-refractivity contribution in [1.29, 1.82) is 0 Å². The first-order chi connectivity index (χ1) is 11.8. The van der Waals surface area contributed by atoms with E-state index in [-0.39, 0.29) is 5.56 Å². The summed E-state index contributed by atoms with van der Waals surface area (Å²) in [5.74, 6) is 0.849. The van der Waals surface area contributed by atoms with Crippen molar-refractivity contribution in [2.75, 3.05) is 19.6 Å². The molecule has 6 heteroatoms. The van der Waals surface area contributed by atoms with E-state index in [2.05, 4.69) is 39.5 Å². The molecule has 2 N–H and O–H groups in total. The molecule has 6 nitrogen and oxygen atoms in total. The minimum atomic E-state index is 0.0565. The molecule has 0 radical (unpaired) electrons. The van der Waals surface area contributed by atoms with E-state index in [0.717, 1.165) is 51.5 Å². The molecule has 24 heavy (non-hydrogen) atoms. The van der Waals surface area contributed by atoms with Gasteiger partial charge in [0.25, 0.3) is 0 Å². The maximum absolute atomic E-state index is 11.6. The number of aryl methyl sites for hydroxylation is 1. The van der Waals surface area contributed by atoms with Gasteiger partial charge >= 0.3 is 0 Å². The van der Waals surface area contributed by atoms with Gasteiger partial charge in [-0.15, -0.1) is 0 Å². The second kappa shape index (κ2) is 10.3. The van der Waals surface area contributed by atoms with Crippen LogP contribution in [0.3, 0.4) is 0 Å². The highest BCUT2D eigenvalue weighted by Crippen LogP contribution is 1.94. The number of unbranched alkanes of at least 4 members (excludes halogenated alkanes) is 1. The summed E-state index contributed by atoms with van der Waals surface area (Å²) >= 11 is 0. The molecule has 2 rings (SSSR count). The van der Waals surface area contributed by atoms with E-state index in [1.165, 1.54) is 0 Å². The maximum Gasteiger partial charge on any atom is 0.250 e. The van der Waals surface area contributed by atoms with E-state index in [1.54, 1.807) is 16.7 Å². The van der Waals surface area contributed by atoms with Crippen LogP contribution in [0.5, 0.6) is 0 Å². The van der Waals surface area contributed by atoms with E-state index in [4.69, 9.17) is 0 Å². The highest BCUT2D eigenvalue weighted by molar-refractivity contribution is 5.79. The second-order valence-electron chi connectivity index (χ2n) is 5.55. The van der Waals surface area contributed by atoms with E-state index in [9.17, 15) is 4.79 Å². The molecule has 2 aromatic rings. The molecule has 130 valence electrons. The van der Waals surface area contributed by atoms with Crippen LogP contribution in [0.4, 0.5) is 0 Å². The van der Waals surface area contributed by atoms with Crippen molar-refractivity contribution in [2.45, 2.75) is 32.9 Å². The first-order valence-electron chi connectivity index (χ1n) is 8.58. The van der Waals surface area contributed by atoms with E-state index < -0.39 is 0 Å². The lowest BCUT2D eigenvalue weighted by Gasteiger charge is -2.11.